The highest BCUT2D eigenvalue weighted by molar-refractivity contribution is 7.08. The molecule has 1 amide bonds. The fourth-order valence-electron chi connectivity index (χ4n) is 3.16. The zero-order chi connectivity index (χ0) is 16.5. The number of likely N-dealkylation sites (tertiary alicyclic amines) is 1. The largest absolute Gasteiger partial charge is 0.334 e. The molecule has 3 heterocycles. The zero-order valence-corrected chi connectivity index (χ0v) is 14.1. The maximum atomic E-state index is 12.9. The van der Waals surface area contributed by atoms with Crippen LogP contribution < -0.4 is 0 Å². The van der Waals surface area contributed by atoms with Crippen molar-refractivity contribution in [3.63, 3.8) is 0 Å². The molecular formula is C18H17N3O2S. The average Bonchev–Trinajstić information content (AvgIpc) is 3.35. The molecule has 6 heteroatoms. The van der Waals surface area contributed by atoms with Crippen LogP contribution in [-0.4, -0.2) is 27.5 Å². The van der Waals surface area contributed by atoms with Gasteiger partial charge in [-0.1, -0.05) is 5.16 Å². The molecule has 1 atom stereocenters. The van der Waals surface area contributed by atoms with E-state index in [-0.39, 0.29) is 11.9 Å². The van der Waals surface area contributed by atoms with Crippen molar-refractivity contribution in [1.82, 2.24) is 15.0 Å². The number of benzene rings is 1. The van der Waals surface area contributed by atoms with Gasteiger partial charge in [0.05, 0.1) is 6.04 Å². The van der Waals surface area contributed by atoms with Crippen molar-refractivity contribution < 1.29 is 9.32 Å². The van der Waals surface area contributed by atoms with Gasteiger partial charge in [0.25, 0.3) is 11.8 Å². The molecule has 0 unspecified atom stereocenters. The highest BCUT2D eigenvalue weighted by Crippen LogP contribution is 2.34. The number of aromatic nitrogens is 2. The van der Waals surface area contributed by atoms with Crippen molar-refractivity contribution in [3.05, 3.63) is 58.0 Å². The number of hydrogen-bond donors (Lipinski definition) is 0. The molecule has 1 aliphatic rings. The lowest BCUT2D eigenvalue weighted by atomic mass is 10.1. The Kier molecular flexibility index (Phi) is 3.90. The summed E-state index contributed by atoms with van der Waals surface area (Å²) in [5.41, 5.74) is 2.75. The Labute approximate surface area is 143 Å². The monoisotopic (exact) mass is 339 g/mol. The maximum absolute atomic E-state index is 12.9. The first-order valence-electron chi connectivity index (χ1n) is 7.96. The third-order valence-electron chi connectivity index (χ3n) is 4.35. The molecule has 4 rings (SSSR count). The van der Waals surface area contributed by atoms with E-state index in [9.17, 15) is 4.79 Å². The van der Waals surface area contributed by atoms with Crippen molar-refractivity contribution in [2.45, 2.75) is 25.8 Å². The molecule has 24 heavy (non-hydrogen) atoms. The lowest BCUT2D eigenvalue weighted by Crippen LogP contribution is -2.30. The fraction of sp³-hybridized carbons (Fsp3) is 0.278. The topological polar surface area (TPSA) is 59.2 Å². The van der Waals surface area contributed by atoms with Crippen LogP contribution in [-0.2, 0) is 0 Å². The predicted octanol–water partition coefficient (Wildman–Crippen LogP) is 4.08. The minimum atomic E-state index is 0.0805. The molecule has 1 saturated heterocycles. The van der Waals surface area contributed by atoms with Crippen molar-refractivity contribution in [2.75, 3.05) is 6.54 Å². The molecule has 1 fully saturated rings. The van der Waals surface area contributed by atoms with Crippen LogP contribution in [0.1, 0.15) is 40.6 Å². The van der Waals surface area contributed by atoms with Gasteiger partial charge in [0.2, 0.25) is 0 Å². The van der Waals surface area contributed by atoms with E-state index in [0.29, 0.717) is 17.3 Å². The summed E-state index contributed by atoms with van der Waals surface area (Å²) < 4.78 is 5.16. The Balaban J connectivity index is 1.56. The standard InChI is InChI=1S/C18H17N3O2S/c1-12-19-17(23-20-12)13-4-6-14(7-5-13)18(22)21-9-2-3-16(21)15-8-10-24-11-15/h4-8,10-11,16H,2-3,9H2,1H3/t16-/m1/s1. The second-order valence-corrected chi connectivity index (χ2v) is 6.72. The van der Waals surface area contributed by atoms with E-state index in [4.69, 9.17) is 4.52 Å². The fourth-order valence-corrected chi connectivity index (χ4v) is 3.86. The van der Waals surface area contributed by atoms with E-state index in [1.165, 1.54) is 5.56 Å². The molecule has 1 aliphatic heterocycles. The highest BCUT2D eigenvalue weighted by atomic mass is 32.1. The summed E-state index contributed by atoms with van der Waals surface area (Å²) in [5.74, 6) is 1.15. The van der Waals surface area contributed by atoms with Gasteiger partial charge in [-0.25, -0.2) is 0 Å². The predicted molar refractivity (Wildman–Crippen MR) is 91.8 cm³/mol. The average molecular weight is 339 g/mol. The zero-order valence-electron chi connectivity index (χ0n) is 13.3. The summed E-state index contributed by atoms with van der Waals surface area (Å²) in [4.78, 5) is 19.1. The third-order valence-corrected chi connectivity index (χ3v) is 5.05. The molecule has 0 aliphatic carbocycles. The lowest BCUT2D eigenvalue weighted by molar-refractivity contribution is 0.0736. The molecular weight excluding hydrogens is 322 g/mol. The van der Waals surface area contributed by atoms with Gasteiger partial charge in [0.15, 0.2) is 5.82 Å². The van der Waals surface area contributed by atoms with E-state index in [1.54, 1.807) is 18.3 Å². The summed E-state index contributed by atoms with van der Waals surface area (Å²) in [6.07, 6.45) is 2.08. The van der Waals surface area contributed by atoms with Crippen molar-refractivity contribution in [3.8, 4) is 11.5 Å². The summed E-state index contributed by atoms with van der Waals surface area (Å²) in [6.45, 7) is 2.59. The highest BCUT2D eigenvalue weighted by Gasteiger charge is 2.30. The van der Waals surface area contributed by atoms with Gasteiger partial charge in [0, 0.05) is 17.7 Å². The first-order chi connectivity index (χ1) is 11.7. The van der Waals surface area contributed by atoms with E-state index >= 15 is 0 Å². The number of carbonyl (C=O) groups excluding carboxylic acids is 1. The van der Waals surface area contributed by atoms with Crippen LogP contribution >= 0.6 is 11.3 Å². The van der Waals surface area contributed by atoms with Gasteiger partial charge in [-0.3, -0.25) is 4.79 Å². The van der Waals surface area contributed by atoms with E-state index in [2.05, 4.69) is 27.0 Å². The van der Waals surface area contributed by atoms with Gasteiger partial charge in [0.1, 0.15) is 0 Å². The molecule has 1 aromatic carbocycles. The Hall–Kier alpha value is -2.47. The van der Waals surface area contributed by atoms with E-state index < -0.39 is 0 Å². The molecule has 0 N–H and O–H groups in total. The number of nitrogens with zero attached hydrogens (tertiary/aromatic N) is 3. The number of aryl methyl sites for hydroxylation is 1. The Morgan fingerprint density at radius 1 is 1.29 bits per heavy atom. The van der Waals surface area contributed by atoms with E-state index in [0.717, 1.165) is 24.9 Å². The first-order valence-corrected chi connectivity index (χ1v) is 8.90. The molecule has 122 valence electrons. The van der Waals surface area contributed by atoms with E-state index in [1.807, 2.05) is 29.2 Å². The second kappa shape index (κ2) is 6.20. The van der Waals surface area contributed by atoms with Crippen LogP contribution in [0.15, 0.2) is 45.6 Å². The Morgan fingerprint density at radius 3 is 2.79 bits per heavy atom. The summed E-state index contributed by atoms with van der Waals surface area (Å²) >= 11 is 1.68. The lowest BCUT2D eigenvalue weighted by Gasteiger charge is -2.24. The van der Waals surface area contributed by atoms with Gasteiger partial charge in [-0.15, -0.1) is 0 Å². The number of rotatable bonds is 3. The quantitative estimate of drug-likeness (QED) is 0.721. The number of carbonyl (C=O) groups is 1. The number of amides is 1. The van der Waals surface area contributed by atoms with Crippen LogP contribution in [0.5, 0.6) is 0 Å². The third kappa shape index (κ3) is 2.73. The van der Waals surface area contributed by atoms with Crippen molar-refractivity contribution in [2.24, 2.45) is 0 Å². The number of hydrogen-bond acceptors (Lipinski definition) is 5. The summed E-state index contributed by atoms with van der Waals surface area (Å²) in [6, 6.07) is 9.69. The first kappa shape index (κ1) is 15.1. The smallest absolute Gasteiger partial charge is 0.257 e. The number of thiophene rings is 1. The maximum Gasteiger partial charge on any atom is 0.257 e. The van der Waals surface area contributed by atoms with Crippen molar-refractivity contribution in [1.29, 1.82) is 0 Å². The molecule has 0 bridgehead atoms. The minimum Gasteiger partial charge on any atom is -0.334 e. The molecule has 3 aromatic rings. The normalized spacial score (nSPS) is 17.4. The summed E-state index contributed by atoms with van der Waals surface area (Å²) in [5, 5.41) is 7.99. The molecule has 0 spiro atoms. The SMILES string of the molecule is Cc1noc(-c2ccc(C(=O)N3CCC[C@@H]3c3ccsc3)cc2)n1. The molecule has 2 aromatic heterocycles. The minimum absolute atomic E-state index is 0.0805. The molecule has 5 nitrogen and oxygen atoms in total. The van der Waals surface area contributed by atoms with Gasteiger partial charge < -0.3 is 9.42 Å². The van der Waals surface area contributed by atoms with Gasteiger partial charge >= 0.3 is 0 Å². The molecule has 0 saturated carbocycles. The summed E-state index contributed by atoms with van der Waals surface area (Å²) in [7, 11) is 0. The van der Waals surface area contributed by atoms with Crippen LogP contribution in [0.25, 0.3) is 11.5 Å². The Morgan fingerprint density at radius 2 is 2.12 bits per heavy atom. The van der Waals surface area contributed by atoms with Gasteiger partial charge in [-0.05, 0) is 66.4 Å². The molecule has 0 radical (unpaired) electrons. The Bertz CT molecular complexity index is 840. The van der Waals surface area contributed by atoms with Crippen LogP contribution in [0.3, 0.4) is 0 Å². The van der Waals surface area contributed by atoms with Gasteiger partial charge in [-0.2, -0.15) is 16.3 Å². The van der Waals surface area contributed by atoms with Crippen LogP contribution in [0.2, 0.25) is 0 Å². The van der Waals surface area contributed by atoms with Crippen LogP contribution in [0.4, 0.5) is 0 Å². The second-order valence-electron chi connectivity index (χ2n) is 5.94. The van der Waals surface area contributed by atoms with Crippen molar-refractivity contribution >= 4 is 17.2 Å². The van der Waals surface area contributed by atoms with Crippen LogP contribution in [0, 0.1) is 6.92 Å².